The molecule has 2 heterocycles. The van der Waals surface area contributed by atoms with Crippen molar-refractivity contribution in [1.29, 1.82) is 0 Å². The van der Waals surface area contributed by atoms with E-state index in [1.54, 1.807) is 17.7 Å². The van der Waals surface area contributed by atoms with Crippen molar-refractivity contribution < 1.29 is 0 Å². The van der Waals surface area contributed by atoms with E-state index in [0.29, 0.717) is 12.0 Å². The highest BCUT2D eigenvalue weighted by molar-refractivity contribution is 7.16. The molecule has 5 heteroatoms. The van der Waals surface area contributed by atoms with E-state index in [1.165, 1.54) is 19.3 Å². The highest BCUT2D eigenvalue weighted by Crippen LogP contribution is 2.31. The second kappa shape index (κ2) is 4.78. The van der Waals surface area contributed by atoms with Gasteiger partial charge in [-0.25, -0.2) is 9.97 Å². The van der Waals surface area contributed by atoms with Crippen LogP contribution in [0.1, 0.15) is 19.3 Å². The van der Waals surface area contributed by atoms with Crippen LogP contribution in [0.25, 0.3) is 10.2 Å². The van der Waals surface area contributed by atoms with Crippen molar-refractivity contribution in [3.05, 3.63) is 17.8 Å². The third-order valence-electron chi connectivity index (χ3n) is 3.44. The molecule has 0 amide bonds. The Morgan fingerprint density at radius 2 is 2.35 bits per heavy atom. The average molecular weight is 268 g/mol. The van der Waals surface area contributed by atoms with Gasteiger partial charge in [-0.1, -0.05) is 6.42 Å². The van der Waals surface area contributed by atoms with Gasteiger partial charge in [0, 0.05) is 11.9 Å². The fourth-order valence-corrected chi connectivity index (χ4v) is 3.59. The van der Waals surface area contributed by atoms with Gasteiger partial charge in [0.1, 0.15) is 17.0 Å². The van der Waals surface area contributed by atoms with Crippen molar-refractivity contribution in [2.75, 3.05) is 11.2 Å². The highest BCUT2D eigenvalue weighted by Gasteiger charge is 2.27. The monoisotopic (exact) mass is 267 g/mol. The molecule has 1 aliphatic carbocycles. The van der Waals surface area contributed by atoms with Crippen molar-refractivity contribution in [1.82, 2.24) is 9.97 Å². The van der Waals surface area contributed by atoms with Crippen LogP contribution < -0.4 is 5.32 Å². The molecule has 1 N–H and O–H groups in total. The van der Waals surface area contributed by atoms with E-state index in [1.807, 2.05) is 0 Å². The predicted octanol–water partition coefficient (Wildman–Crippen LogP) is 3.51. The van der Waals surface area contributed by atoms with Gasteiger partial charge in [0.05, 0.1) is 5.39 Å². The molecule has 1 saturated carbocycles. The third kappa shape index (κ3) is 2.11. The lowest BCUT2D eigenvalue weighted by Gasteiger charge is -2.19. The maximum absolute atomic E-state index is 6.00. The Balaban J connectivity index is 1.87. The Bertz CT molecular complexity index is 513. The number of nitrogens with one attached hydrogen (secondary N) is 1. The number of hydrogen-bond acceptors (Lipinski definition) is 4. The summed E-state index contributed by atoms with van der Waals surface area (Å²) in [5.41, 5.74) is 0. The molecular formula is C12H14ClN3S. The zero-order valence-electron chi connectivity index (χ0n) is 9.40. The summed E-state index contributed by atoms with van der Waals surface area (Å²) in [6.07, 6.45) is 5.30. The molecule has 3 nitrogen and oxygen atoms in total. The van der Waals surface area contributed by atoms with E-state index in [4.69, 9.17) is 11.6 Å². The van der Waals surface area contributed by atoms with Gasteiger partial charge in [0.2, 0.25) is 0 Å². The Kier molecular flexibility index (Phi) is 3.16. The number of aromatic nitrogens is 2. The molecule has 17 heavy (non-hydrogen) atoms. The predicted molar refractivity (Wildman–Crippen MR) is 72.9 cm³/mol. The van der Waals surface area contributed by atoms with Crippen molar-refractivity contribution in [3.8, 4) is 0 Å². The Morgan fingerprint density at radius 3 is 3.24 bits per heavy atom. The summed E-state index contributed by atoms with van der Waals surface area (Å²) in [4.78, 5) is 9.65. The summed E-state index contributed by atoms with van der Waals surface area (Å²) in [6, 6.07) is 2.54. The minimum absolute atomic E-state index is 0.463. The van der Waals surface area contributed by atoms with Crippen LogP contribution in [0.5, 0.6) is 0 Å². The smallest absolute Gasteiger partial charge is 0.138 e. The first kappa shape index (κ1) is 11.2. The van der Waals surface area contributed by atoms with Gasteiger partial charge in [-0.3, -0.25) is 0 Å². The lowest BCUT2D eigenvalue weighted by atomic mass is 10.1. The molecule has 2 unspecified atom stereocenters. The molecule has 0 radical (unpaired) electrons. The molecule has 3 rings (SSSR count). The molecule has 0 aromatic carbocycles. The number of alkyl halides is 1. The fourth-order valence-electron chi connectivity index (χ4n) is 2.49. The summed E-state index contributed by atoms with van der Waals surface area (Å²) in [6.45, 7) is 0. The van der Waals surface area contributed by atoms with Crippen LogP contribution in [0, 0.1) is 5.92 Å². The molecule has 0 spiro atoms. The van der Waals surface area contributed by atoms with E-state index < -0.39 is 0 Å². The standard InChI is InChI=1S/C12H14ClN3S/c13-6-8-2-1-3-10(8)16-11-9-4-5-17-12(9)15-7-14-11/h4-5,7-8,10H,1-3,6H2,(H,14,15,16). The Hall–Kier alpha value is -0.870. The van der Waals surface area contributed by atoms with E-state index in [0.717, 1.165) is 21.9 Å². The minimum Gasteiger partial charge on any atom is -0.366 e. The first-order valence-corrected chi connectivity index (χ1v) is 7.30. The molecule has 1 fully saturated rings. The number of hydrogen-bond donors (Lipinski definition) is 1. The SMILES string of the molecule is ClCC1CCCC1Nc1ncnc2sccc12. The van der Waals surface area contributed by atoms with Crippen LogP contribution in [0.2, 0.25) is 0 Å². The number of halogens is 1. The number of nitrogens with zero attached hydrogens (tertiary/aromatic N) is 2. The number of anilines is 1. The largest absolute Gasteiger partial charge is 0.366 e. The Labute approximate surface area is 109 Å². The third-order valence-corrected chi connectivity index (χ3v) is 4.66. The first-order valence-electron chi connectivity index (χ1n) is 5.89. The van der Waals surface area contributed by atoms with Crippen molar-refractivity contribution in [3.63, 3.8) is 0 Å². The molecule has 0 aliphatic heterocycles. The second-order valence-electron chi connectivity index (χ2n) is 4.46. The molecule has 2 atom stereocenters. The number of rotatable bonds is 3. The van der Waals surface area contributed by atoms with E-state index in [-0.39, 0.29) is 0 Å². The van der Waals surface area contributed by atoms with E-state index in [9.17, 15) is 0 Å². The van der Waals surface area contributed by atoms with Gasteiger partial charge in [0.15, 0.2) is 0 Å². The van der Waals surface area contributed by atoms with Crippen LogP contribution in [-0.2, 0) is 0 Å². The number of fused-ring (bicyclic) bond motifs is 1. The first-order chi connectivity index (χ1) is 8.38. The normalized spacial score (nSPS) is 24.3. The molecule has 90 valence electrons. The number of thiophene rings is 1. The van der Waals surface area contributed by atoms with Gasteiger partial charge >= 0.3 is 0 Å². The van der Waals surface area contributed by atoms with Crippen molar-refractivity contribution in [2.24, 2.45) is 5.92 Å². The second-order valence-corrected chi connectivity index (χ2v) is 5.66. The van der Waals surface area contributed by atoms with Crippen molar-refractivity contribution >= 4 is 39.0 Å². The summed E-state index contributed by atoms with van der Waals surface area (Å²) in [5, 5.41) is 6.72. The van der Waals surface area contributed by atoms with E-state index >= 15 is 0 Å². The maximum atomic E-state index is 6.00. The van der Waals surface area contributed by atoms with Gasteiger partial charge in [-0.05, 0) is 30.2 Å². The summed E-state index contributed by atoms with van der Waals surface area (Å²) in [5.74, 6) is 2.26. The Morgan fingerprint density at radius 1 is 1.41 bits per heavy atom. The molecule has 1 aliphatic rings. The summed E-state index contributed by atoms with van der Waals surface area (Å²) in [7, 11) is 0. The molecular weight excluding hydrogens is 254 g/mol. The summed E-state index contributed by atoms with van der Waals surface area (Å²) >= 11 is 7.64. The quantitative estimate of drug-likeness (QED) is 0.865. The molecule has 0 bridgehead atoms. The van der Waals surface area contributed by atoms with Crippen LogP contribution in [0.15, 0.2) is 17.8 Å². The molecule has 2 aromatic heterocycles. The molecule has 2 aromatic rings. The topological polar surface area (TPSA) is 37.8 Å². The van der Waals surface area contributed by atoms with Gasteiger partial charge in [-0.2, -0.15) is 0 Å². The van der Waals surface area contributed by atoms with Crippen LogP contribution in [0.3, 0.4) is 0 Å². The zero-order chi connectivity index (χ0) is 11.7. The van der Waals surface area contributed by atoms with Gasteiger partial charge in [-0.15, -0.1) is 22.9 Å². The van der Waals surface area contributed by atoms with Gasteiger partial charge in [0.25, 0.3) is 0 Å². The fraction of sp³-hybridized carbons (Fsp3) is 0.500. The lowest BCUT2D eigenvalue weighted by Crippen LogP contribution is -2.25. The highest BCUT2D eigenvalue weighted by atomic mass is 35.5. The lowest BCUT2D eigenvalue weighted by molar-refractivity contribution is 0.561. The van der Waals surface area contributed by atoms with Gasteiger partial charge < -0.3 is 5.32 Å². The van der Waals surface area contributed by atoms with Crippen LogP contribution in [0.4, 0.5) is 5.82 Å². The zero-order valence-corrected chi connectivity index (χ0v) is 11.0. The average Bonchev–Trinajstić information content (AvgIpc) is 2.97. The van der Waals surface area contributed by atoms with Crippen LogP contribution in [-0.4, -0.2) is 21.9 Å². The maximum Gasteiger partial charge on any atom is 0.138 e. The summed E-state index contributed by atoms with van der Waals surface area (Å²) < 4.78 is 0. The van der Waals surface area contributed by atoms with Crippen LogP contribution >= 0.6 is 22.9 Å². The minimum atomic E-state index is 0.463. The van der Waals surface area contributed by atoms with E-state index in [2.05, 4.69) is 26.7 Å². The van der Waals surface area contributed by atoms with Crippen molar-refractivity contribution in [2.45, 2.75) is 25.3 Å². The molecule has 0 saturated heterocycles.